The van der Waals surface area contributed by atoms with Crippen LogP contribution in [0.1, 0.15) is 63.4 Å². The Kier molecular flexibility index (Phi) is 7.02. The number of carbonyl (C=O) groups is 2. The van der Waals surface area contributed by atoms with Crippen molar-refractivity contribution < 1.29 is 9.59 Å². The highest BCUT2D eigenvalue weighted by Crippen LogP contribution is 2.31. The lowest BCUT2D eigenvalue weighted by Crippen LogP contribution is -2.46. The van der Waals surface area contributed by atoms with Gasteiger partial charge < -0.3 is 10.2 Å². The first-order valence-electron chi connectivity index (χ1n) is 10.3. The van der Waals surface area contributed by atoms with Crippen molar-refractivity contribution in [2.75, 3.05) is 6.54 Å². The van der Waals surface area contributed by atoms with Crippen LogP contribution in [0.5, 0.6) is 0 Å². The monoisotopic (exact) mass is 400 g/mol. The van der Waals surface area contributed by atoms with E-state index < -0.39 is 0 Å². The second kappa shape index (κ2) is 9.47. The summed E-state index contributed by atoms with van der Waals surface area (Å²) in [5, 5.41) is 3.85. The number of terminal acetylenes is 1. The Bertz CT molecular complexity index is 734. The fourth-order valence-corrected chi connectivity index (χ4v) is 4.70. The van der Waals surface area contributed by atoms with Gasteiger partial charge in [0.25, 0.3) is 0 Å². The summed E-state index contributed by atoms with van der Waals surface area (Å²) in [6.07, 6.45) is 14.2. The molecule has 2 fully saturated rings. The summed E-state index contributed by atoms with van der Waals surface area (Å²) in [6, 6.07) is 7.98. The van der Waals surface area contributed by atoms with Gasteiger partial charge in [0.2, 0.25) is 11.8 Å². The number of benzene rings is 1. The average Bonchev–Trinajstić information content (AvgIpc) is 3.07. The zero-order valence-corrected chi connectivity index (χ0v) is 17.1. The maximum Gasteiger partial charge on any atom is 0.223 e. The van der Waals surface area contributed by atoms with Crippen molar-refractivity contribution in [3.63, 3.8) is 0 Å². The smallest absolute Gasteiger partial charge is 0.223 e. The van der Waals surface area contributed by atoms with Crippen LogP contribution in [0.3, 0.4) is 0 Å². The van der Waals surface area contributed by atoms with Gasteiger partial charge in [-0.1, -0.05) is 48.9 Å². The maximum absolute atomic E-state index is 13.0. The molecule has 3 rings (SSSR count). The summed E-state index contributed by atoms with van der Waals surface area (Å²) < 4.78 is 0. The Morgan fingerprint density at radius 2 is 1.96 bits per heavy atom. The highest BCUT2D eigenvalue weighted by Gasteiger charge is 2.38. The fourth-order valence-electron chi connectivity index (χ4n) is 4.58. The van der Waals surface area contributed by atoms with Crippen molar-refractivity contribution >= 4 is 23.4 Å². The van der Waals surface area contributed by atoms with Gasteiger partial charge in [0.15, 0.2) is 0 Å². The van der Waals surface area contributed by atoms with E-state index in [2.05, 4.69) is 11.2 Å². The molecule has 150 valence electrons. The number of hydrogen-bond donors (Lipinski definition) is 1. The van der Waals surface area contributed by atoms with E-state index in [9.17, 15) is 9.59 Å². The molecule has 1 heterocycles. The standard InChI is InChI=1S/C23H29ClN2O2/c1-2-16-26(20-6-4-3-5-7-20)22(28)13-15-23(14-12-21(27)25-23)17-18-8-10-19(24)11-9-18/h1,8-11,20H,3-7,12-17H2,(H,25,27). The molecule has 1 aliphatic carbocycles. The highest BCUT2D eigenvalue weighted by molar-refractivity contribution is 6.30. The molecule has 1 unspecified atom stereocenters. The first-order valence-corrected chi connectivity index (χ1v) is 10.7. The minimum absolute atomic E-state index is 0.0641. The molecule has 2 aliphatic rings. The zero-order valence-electron chi connectivity index (χ0n) is 16.4. The number of nitrogens with one attached hydrogen (secondary N) is 1. The molecule has 2 amide bonds. The van der Waals surface area contributed by atoms with Gasteiger partial charge in [0.1, 0.15) is 0 Å². The van der Waals surface area contributed by atoms with Crippen molar-refractivity contribution in [3.8, 4) is 12.3 Å². The van der Waals surface area contributed by atoms with E-state index in [0.717, 1.165) is 37.7 Å². The third-order valence-electron chi connectivity index (χ3n) is 6.11. The molecule has 0 spiro atoms. The van der Waals surface area contributed by atoms with Crippen LogP contribution in [0.15, 0.2) is 24.3 Å². The number of halogens is 1. The predicted octanol–water partition coefficient (Wildman–Crippen LogP) is 4.11. The van der Waals surface area contributed by atoms with Crippen LogP contribution in [-0.4, -0.2) is 34.8 Å². The molecule has 0 bridgehead atoms. The molecule has 1 aromatic carbocycles. The van der Waals surface area contributed by atoms with Crippen molar-refractivity contribution in [2.24, 2.45) is 0 Å². The van der Waals surface area contributed by atoms with E-state index in [4.69, 9.17) is 18.0 Å². The molecule has 1 aromatic rings. The number of nitrogens with zero attached hydrogens (tertiary/aromatic N) is 1. The van der Waals surface area contributed by atoms with Gasteiger partial charge >= 0.3 is 0 Å². The normalized spacial score (nSPS) is 22.5. The van der Waals surface area contributed by atoms with E-state index >= 15 is 0 Å². The predicted molar refractivity (Wildman–Crippen MR) is 112 cm³/mol. The molecule has 0 radical (unpaired) electrons. The third-order valence-corrected chi connectivity index (χ3v) is 6.36. The summed E-state index contributed by atoms with van der Waals surface area (Å²) in [5.41, 5.74) is 0.751. The lowest BCUT2D eigenvalue weighted by molar-refractivity contribution is -0.134. The first-order chi connectivity index (χ1) is 13.5. The van der Waals surface area contributed by atoms with Crippen molar-refractivity contribution in [2.45, 2.75) is 75.8 Å². The van der Waals surface area contributed by atoms with Crippen LogP contribution >= 0.6 is 11.6 Å². The summed E-state index contributed by atoms with van der Waals surface area (Å²) >= 11 is 5.99. The van der Waals surface area contributed by atoms with Crippen LogP contribution in [0, 0.1) is 12.3 Å². The molecule has 0 aromatic heterocycles. The van der Waals surface area contributed by atoms with Gasteiger partial charge in [0, 0.05) is 29.4 Å². The van der Waals surface area contributed by atoms with Crippen LogP contribution in [0.2, 0.25) is 5.02 Å². The zero-order chi connectivity index (χ0) is 20.0. The minimum atomic E-state index is -0.366. The largest absolute Gasteiger partial charge is 0.350 e. The van der Waals surface area contributed by atoms with E-state index in [-0.39, 0.29) is 23.4 Å². The second-order valence-corrected chi connectivity index (χ2v) is 8.59. The van der Waals surface area contributed by atoms with E-state index in [0.29, 0.717) is 37.3 Å². The number of hydrogen-bond acceptors (Lipinski definition) is 2. The lowest BCUT2D eigenvalue weighted by Gasteiger charge is -2.35. The van der Waals surface area contributed by atoms with Gasteiger partial charge in [0.05, 0.1) is 6.54 Å². The Morgan fingerprint density at radius 1 is 1.25 bits per heavy atom. The summed E-state index contributed by atoms with van der Waals surface area (Å²) in [6.45, 7) is 0.375. The average molecular weight is 401 g/mol. The molecule has 1 saturated carbocycles. The molecule has 5 heteroatoms. The molecule has 4 nitrogen and oxygen atoms in total. The molecule has 1 aliphatic heterocycles. The van der Waals surface area contributed by atoms with Crippen molar-refractivity contribution in [1.82, 2.24) is 10.2 Å². The molecule has 28 heavy (non-hydrogen) atoms. The Hall–Kier alpha value is -1.99. The van der Waals surface area contributed by atoms with E-state index in [1.54, 1.807) is 0 Å². The minimum Gasteiger partial charge on any atom is -0.350 e. The summed E-state index contributed by atoms with van der Waals surface area (Å²) in [5.74, 6) is 2.84. The number of rotatable bonds is 7. The van der Waals surface area contributed by atoms with E-state index in [1.165, 1.54) is 6.42 Å². The number of carbonyl (C=O) groups excluding carboxylic acids is 2. The van der Waals surface area contributed by atoms with Gasteiger partial charge in [-0.2, -0.15) is 0 Å². The van der Waals surface area contributed by atoms with Crippen molar-refractivity contribution in [1.29, 1.82) is 0 Å². The van der Waals surface area contributed by atoms with Crippen LogP contribution < -0.4 is 5.32 Å². The molecule has 1 atom stereocenters. The van der Waals surface area contributed by atoms with Crippen LogP contribution in [-0.2, 0) is 16.0 Å². The Labute approximate surface area is 173 Å². The Balaban J connectivity index is 1.66. The summed E-state index contributed by atoms with van der Waals surface area (Å²) in [4.78, 5) is 26.9. The molecular weight excluding hydrogens is 372 g/mol. The molecule has 1 N–H and O–H groups in total. The van der Waals surface area contributed by atoms with Gasteiger partial charge in [-0.3, -0.25) is 9.59 Å². The maximum atomic E-state index is 13.0. The van der Waals surface area contributed by atoms with Gasteiger partial charge in [-0.25, -0.2) is 0 Å². The van der Waals surface area contributed by atoms with Gasteiger partial charge in [-0.15, -0.1) is 6.42 Å². The SMILES string of the molecule is C#CCN(C(=O)CCC1(Cc2ccc(Cl)cc2)CCC(=O)N1)C1CCCCC1. The first kappa shape index (κ1) is 20.7. The summed E-state index contributed by atoms with van der Waals surface area (Å²) in [7, 11) is 0. The third kappa shape index (κ3) is 5.29. The topological polar surface area (TPSA) is 49.4 Å². The highest BCUT2D eigenvalue weighted by atomic mass is 35.5. The van der Waals surface area contributed by atoms with E-state index in [1.807, 2.05) is 29.2 Å². The molecular formula is C23H29ClN2O2. The van der Waals surface area contributed by atoms with Crippen molar-refractivity contribution in [3.05, 3.63) is 34.9 Å². The van der Waals surface area contributed by atoms with Crippen LogP contribution in [0.4, 0.5) is 0 Å². The Morgan fingerprint density at radius 3 is 2.57 bits per heavy atom. The molecule has 1 saturated heterocycles. The number of amides is 2. The second-order valence-electron chi connectivity index (χ2n) is 8.15. The van der Waals surface area contributed by atoms with Crippen LogP contribution in [0.25, 0.3) is 0 Å². The van der Waals surface area contributed by atoms with Gasteiger partial charge in [-0.05, 0) is 49.8 Å². The lowest BCUT2D eigenvalue weighted by atomic mass is 9.84. The fraction of sp³-hybridized carbons (Fsp3) is 0.565. The quantitative estimate of drug-likeness (QED) is 0.700.